The number of benzene rings is 1. The van der Waals surface area contributed by atoms with Crippen LogP contribution in [0.15, 0.2) is 30.3 Å². The van der Waals surface area contributed by atoms with Gasteiger partial charge in [0.25, 0.3) is 0 Å². The van der Waals surface area contributed by atoms with E-state index in [2.05, 4.69) is 5.32 Å². The van der Waals surface area contributed by atoms with Crippen LogP contribution in [0.3, 0.4) is 0 Å². The Kier molecular flexibility index (Phi) is 9.21. The van der Waals surface area contributed by atoms with Crippen molar-refractivity contribution < 1.29 is 9.53 Å². The fourth-order valence-corrected chi connectivity index (χ4v) is 1.66. The van der Waals surface area contributed by atoms with Crippen LogP contribution in [-0.2, 0) is 9.53 Å². The summed E-state index contributed by atoms with van der Waals surface area (Å²) in [5.41, 5.74) is 6.67. The monoisotopic (exact) mass is 286 g/mol. The number of nitrogens with one attached hydrogen (secondary N) is 1. The van der Waals surface area contributed by atoms with Gasteiger partial charge in [0.1, 0.15) is 0 Å². The van der Waals surface area contributed by atoms with Crippen LogP contribution in [0.2, 0.25) is 0 Å². The average molecular weight is 287 g/mol. The summed E-state index contributed by atoms with van der Waals surface area (Å²) < 4.78 is 5.37. The quantitative estimate of drug-likeness (QED) is 0.806. The van der Waals surface area contributed by atoms with E-state index >= 15 is 0 Å². The van der Waals surface area contributed by atoms with Crippen LogP contribution in [0.1, 0.15) is 31.4 Å². The molecule has 1 rings (SSSR count). The molecule has 0 bridgehead atoms. The third-order valence-electron chi connectivity index (χ3n) is 2.77. The maximum atomic E-state index is 11.6. The summed E-state index contributed by atoms with van der Waals surface area (Å²) in [6, 6.07) is 9.91. The molecule has 0 spiro atoms. The van der Waals surface area contributed by atoms with E-state index in [4.69, 9.17) is 10.5 Å². The normalized spacial score (nSPS) is 13.2. The minimum atomic E-state index is -0.106. The summed E-state index contributed by atoms with van der Waals surface area (Å²) in [7, 11) is 1.64. The summed E-state index contributed by atoms with van der Waals surface area (Å²) in [6.45, 7) is 2.38. The molecule has 0 aliphatic rings. The number of carbonyl (C=O) groups excluding carboxylic acids is 1. The van der Waals surface area contributed by atoms with Crippen molar-refractivity contribution in [3.05, 3.63) is 35.9 Å². The van der Waals surface area contributed by atoms with E-state index < -0.39 is 0 Å². The lowest BCUT2D eigenvalue weighted by Gasteiger charge is -2.16. The Morgan fingerprint density at radius 1 is 1.37 bits per heavy atom. The highest BCUT2D eigenvalue weighted by molar-refractivity contribution is 5.85. The van der Waals surface area contributed by atoms with E-state index in [-0.39, 0.29) is 30.5 Å². The van der Waals surface area contributed by atoms with E-state index in [9.17, 15) is 4.79 Å². The number of rotatable bonds is 7. The van der Waals surface area contributed by atoms with Gasteiger partial charge in [0.2, 0.25) is 5.91 Å². The van der Waals surface area contributed by atoms with Crippen LogP contribution >= 0.6 is 12.4 Å². The lowest BCUT2D eigenvalue weighted by Crippen LogP contribution is -2.30. The minimum Gasteiger partial charge on any atom is -0.375 e. The number of hydrogen-bond donors (Lipinski definition) is 2. The Hall–Kier alpha value is -1.10. The van der Waals surface area contributed by atoms with E-state index in [0.717, 1.165) is 5.56 Å². The second-order valence-electron chi connectivity index (χ2n) is 4.46. The molecular formula is C14H23ClN2O2. The van der Waals surface area contributed by atoms with Gasteiger partial charge in [0.15, 0.2) is 0 Å². The van der Waals surface area contributed by atoms with Crippen molar-refractivity contribution in [3.8, 4) is 0 Å². The predicted octanol–water partition coefficient (Wildman–Crippen LogP) is 2.04. The molecule has 5 heteroatoms. The molecule has 0 heterocycles. The first kappa shape index (κ1) is 17.9. The number of nitrogens with two attached hydrogens (primary N) is 1. The zero-order chi connectivity index (χ0) is 13.4. The van der Waals surface area contributed by atoms with Crippen LogP contribution in [0, 0.1) is 0 Å². The molecule has 0 radical (unpaired) electrons. The van der Waals surface area contributed by atoms with Crippen molar-refractivity contribution in [3.63, 3.8) is 0 Å². The molecule has 0 fully saturated rings. The second kappa shape index (κ2) is 9.78. The lowest BCUT2D eigenvalue weighted by molar-refractivity contribution is -0.121. The van der Waals surface area contributed by atoms with E-state index in [0.29, 0.717) is 19.4 Å². The number of hydrogen-bond acceptors (Lipinski definition) is 3. The zero-order valence-electron chi connectivity index (χ0n) is 11.5. The highest BCUT2D eigenvalue weighted by Gasteiger charge is 2.11. The Morgan fingerprint density at radius 3 is 2.53 bits per heavy atom. The van der Waals surface area contributed by atoms with Gasteiger partial charge >= 0.3 is 0 Å². The Bertz CT molecular complexity index is 358. The highest BCUT2D eigenvalue weighted by atomic mass is 35.5. The molecule has 0 saturated carbocycles. The van der Waals surface area contributed by atoms with Gasteiger partial charge < -0.3 is 15.8 Å². The lowest BCUT2D eigenvalue weighted by atomic mass is 10.1. The minimum absolute atomic E-state index is 0. The van der Waals surface area contributed by atoms with Crippen molar-refractivity contribution in [1.29, 1.82) is 0 Å². The standard InChI is InChI=1S/C14H22N2O2.ClH/c1-11(15)8-9-14(17)16-10-13(18-2)12-6-4-3-5-7-12;/h3-7,11,13H,8-10,15H2,1-2H3,(H,16,17);1H. The molecule has 0 aliphatic carbocycles. The average Bonchev–Trinajstić information content (AvgIpc) is 2.38. The van der Waals surface area contributed by atoms with Crippen LogP contribution in [0.5, 0.6) is 0 Å². The number of methoxy groups -OCH3 is 1. The van der Waals surface area contributed by atoms with Gasteiger partial charge in [0, 0.05) is 26.1 Å². The molecule has 0 aliphatic heterocycles. The molecule has 0 aromatic heterocycles. The molecule has 2 unspecified atom stereocenters. The fraction of sp³-hybridized carbons (Fsp3) is 0.500. The summed E-state index contributed by atoms with van der Waals surface area (Å²) in [5.74, 6) is 0.0188. The third-order valence-corrected chi connectivity index (χ3v) is 2.77. The summed E-state index contributed by atoms with van der Waals surface area (Å²) >= 11 is 0. The van der Waals surface area contributed by atoms with Crippen molar-refractivity contribution in [1.82, 2.24) is 5.32 Å². The molecule has 108 valence electrons. The largest absolute Gasteiger partial charge is 0.375 e. The number of carbonyl (C=O) groups is 1. The number of ether oxygens (including phenoxy) is 1. The van der Waals surface area contributed by atoms with Gasteiger partial charge in [-0.05, 0) is 18.9 Å². The third kappa shape index (κ3) is 7.15. The summed E-state index contributed by atoms with van der Waals surface area (Å²) in [6.07, 6.45) is 1.06. The molecule has 1 aromatic rings. The Morgan fingerprint density at radius 2 is 2.00 bits per heavy atom. The van der Waals surface area contributed by atoms with Crippen LogP contribution in [0.25, 0.3) is 0 Å². The highest BCUT2D eigenvalue weighted by Crippen LogP contribution is 2.14. The maximum Gasteiger partial charge on any atom is 0.220 e. The molecular weight excluding hydrogens is 264 g/mol. The topological polar surface area (TPSA) is 64.3 Å². The van der Waals surface area contributed by atoms with Gasteiger partial charge in [0.05, 0.1) is 6.10 Å². The summed E-state index contributed by atoms with van der Waals surface area (Å²) in [4.78, 5) is 11.6. The SMILES string of the molecule is COC(CNC(=O)CCC(C)N)c1ccccc1.Cl. The van der Waals surface area contributed by atoms with Crippen molar-refractivity contribution >= 4 is 18.3 Å². The first-order valence-electron chi connectivity index (χ1n) is 6.23. The molecule has 2 atom stereocenters. The van der Waals surface area contributed by atoms with Crippen LogP contribution in [-0.4, -0.2) is 25.6 Å². The van der Waals surface area contributed by atoms with Crippen LogP contribution < -0.4 is 11.1 Å². The number of amides is 1. The van der Waals surface area contributed by atoms with E-state index in [1.165, 1.54) is 0 Å². The van der Waals surface area contributed by atoms with Gasteiger partial charge in [-0.3, -0.25) is 4.79 Å². The second-order valence-corrected chi connectivity index (χ2v) is 4.46. The molecule has 0 saturated heterocycles. The first-order chi connectivity index (χ1) is 8.63. The number of halogens is 1. The molecule has 19 heavy (non-hydrogen) atoms. The van der Waals surface area contributed by atoms with Crippen molar-refractivity contribution in [2.45, 2.75) is 31.9 Å². The Labute approximate surface area is 121 Å². The smallest absolute Gasteiger partial charge is 0.220 e. The van der Waals surface area contributed by atoms with E-state index in [1.807, 2.05) is 37.3 Å². The molecule has 4 nitrogen and oxygen atoms in total. The Balaban J connectivity index is 0.00000324. The molecule has 1 amide bonds. The van der Waals surface area contributed by atoms with Gasteiger partial charge in [-0.25, -0.2) is 0 Å². The predicted molar refractivity (Wildman–Crippen MR) is 79.3 cm³/mol. The fourth-order valence-electron chi connectivity index (χ4n) is 1.66. The zero-order valence-corrected chi connectivity index (χ0v) is 12.3. The first-order valence-corrected chi connectivity index (χ1v) is 6.23. The van der Waals surface area contributed by atoms with E-state index in [1.54, 1.807) is 7.11 Å². The van der Waals surface area contributed by atoms with Gasteiger partial charge in [-0.2, -0.15) is 0 Å². The maximum absolute atomic E-state index is 11.6. The summed E-state index contributed by atoms with van der Waals surface area (Å²) in [5, 5.41) is 2.87. The van der Waals surface area contributed by atoms with Crippen LogP contribution in [0.4, 0.5) is 0 Å². The molecule has 3 N–H and O–H groups in total. The molecule has 1 aromatic carbocycles. The van der Waals surface area contributed by atoms with Crippen molar-refractivity contribution in [2.75, 3.05) is 13.7 Å². The van der Waals surface area contributed by atoms with Crippen molar-refractivity contribution in [2.24, 2.45) is 5.73 Å². The van der Waals surface area contributed by atoms with Gasteiger partial charge in [-0.1, -0.05) is 30.3 Å². The van der Waals surface area contributed by atoms with Gasteiger partial charge in [-0.15, -0.1) is 12.4 Å².